The molecule has 1 amide bonds. The minimum absolute atomic E-state index is 0.108. The van der Waals surface area contributed by atoms with Gasteiger partial charge in [-0.25, -0.2) is 4.98 Å². The third-order valence-corrected chi connectivity index (χ3v) is 4.44. The number of carbonyl (C=O) groups is 1. The van der Waals surface area contributed by atoms with Crippen molar-refractivity contribution in [3.8, 4) is 0 Å². The molecule has 3 rings (SSSR count). The monoisotopic (exact) mass is 276 g/mol. The molecule has 1 atom stereocenters. The van der Waals surface area contributed by atoms with Gasteiger partial charge in [0.15, 0.2) is 0 Å². The van der Waals surface area contributed by atoms with Crippen LogP contribution in [0.3, 0.4) is 0 Å². The Bertz CT molecular complexity index is 563. The molecule has 1 aliphatic heterocycles. The van der Waals surface area contributed by atoms with Crippen LogP contribution < -0.4 is 0 Å². The summed E-state index contributed by atoms with van der Waals surface area (Å²) in [6.45, 7) is 3.45. The largest absolute Gasteiger partial charge is 0.336 e. The normalized spacial score (nSPS) is 19.6. The highest BCUT2D eigenvalue weighted by Crippen LogP contribution is 2.24. The first-order chi connectivity index (χ1) is 9.25. The van der Waals surface area contributed by atoms with Crippen LogP contribution in [0.15, 0.2) is 24.0 Å². The minimum Gasteiger partial charge on any atom is -0.336 e. The Kier molecular flexibility index (Phi) is 3.33. The molecule has 0 spiro atoms. The van der Waals surface area contributed by atoms with Gasteiger partial charge < -0.3 is 4.90 Å². The summed E-state index contributed by atoms with van der Waals surface area (Å²) < 4.78 is 1.96. The molecule has 19 heavy (non-hydrogen) atoms. The number of piperidine rings is 1. The quantitative estimate of drug-likeness (QED) is 0.844. The number of aryl methyl sites for hydroxylation is 1. The molecule has 0 unspecified atom stereocenters. The fourth-order valence-corrected chi connectivity index (χ4v) is 3.27. The summed E-state index contributed by atoms with van der Waals surface area (Å²) in [5.74, 6) is 0.108. The van der Waals surface area contributed by atoms with E-state index in [0.717, 1.165) is 36.5 Å². The average molecular weight is 276 g/mol. The number of nitrogens with zero attached hydrogens (tertiary/aromatic N) is 4. The van der Waals surface area contributed by atoms with Gasteiger partial charge in [-0.2, -0.15) is 5.10 Å². The number of thiazole rings is 1. The van der Waals surface area contributed by atoms with Crippen molar-refractivity contribution in [1.29, 1.82) is 0 Å². The molecular weight excluding hydrogens is 260 g/mol. The van der Waals surface area contributed by atoms with Crippen LogP contribution in [-0.2, 0) is 0 Å². The summed E-state index contributed by atoms with van der Waals surface area (Å²) in [5.41, 5.74) is 2.56. The van der Waals surface area contributed by atoms with Crippen molar-refractivity contribution in [3.05, 3.63) is 34.5 Å². The summed E-state index contributed by atoms with van der Waals surface area (Å²) >= 11 is 1.43. The van der Waals surface area contributed by atoms with Gasteiger partial charge in [-0.05, 0) is 25.8 Å². The molecule has 0 N–H and O–H groups in total. The molecule has 2 aromatic heterocycles. The van der Waals surface area contributed by atoms with E-state index < -0.39 is 0 Å². The maximum absolute atomic E-state index is 12.5. The van der Waals surface area contributed by atoms with Crippen LogP contribution in [0.1, 0.15) is 34.2 Å². The van der Waals surface area contributed by atoms with Gasteiger partial charge >= 0.3 is 0 Å². The fraction of sp³-hybridized carbons (Fsp3) is 0.462. The summed E-state index contributed by atoms with van der Waals surface area (Å²) in [6, 6.07) is 2.22. The van der Waals surface area contributed by atoms with Crippen LogP contribution in [0, 0.1) is 6.92 Å². The SMILES string of the molecule is Cc1ncsc1C(=O)N1CCC[C@@H](n2cccn2)C1. The summed E-state index contributed by atoms with van der Waals surface area (Å²) in [6.07, 6.45) is 5.85. The van der Waals surface area contributed by atoms with Gasteiger partial charge in [0.1, 0.15) is 4.88 Å². The molecule has 2 aromatic rings. The van der Waals surface area contributed by atoms with Gasteiger partial charge in [0.2, 0.25) is 0 Å². The lowest BCUT2D eigenvalue weighted by atomic mass is 10.1. The van der Waals surface area contributed by atoms with Crippen molar-refractivity contribution in [2.75, 3.05) is 13.1 Å². The zero-order valence-electron chi connectivity index (χ0n) is 10.8. The first-order valence-corrected chi connectivity index (χ1v) is 7.32. The number of hydrogen-bond donors (Lipinski definition) is 0. The maximum Gasteiger partial charge on any atom is 0.265 e. The highest BCUT2D eigenvalue weighted by Gasteiger charge is 2.27. The summed E-state index contributed by atoms with van der Waals surface area (Å²) in [5, 5.41) is 4.28. The summed E-state index contributed by atoms with van der Waals surface area (Å²) in [7, 11) is 0. The number of amides is 1. The zero-order chi connectivity index (χ0) is 13.2. The number of hydrogen-bond acceptors (Lipinski definition) is 4. The molecule has 0 aromatic carbocycles. The molecule has 1 aliphatic rings. The Morgan fingerprint density at radius 2 is 2.42 bits per heavy atom. The lowest BCUT2D eigenvalue weighted by Gasteiger charge is -2.32. The first kappa shape index (κ1) is 12.3. The number of likely N-dealkylation sites (tertiary alicyclic amines) is 1. The summed E-state index contributed by atoms with van der Waals surface area (Å²) in [4.78, 5) is 19.3. The maximum atomic E-state index is 12.5. The molecule has 0 aliphatic carbocycles. The second-order valence-corrected chi connectivity index (χ2v) is 5.65. The third-order valence-electron chi connectivity index (χ3n) is 3.52. The molecule has 5 nitrogen and oxygen atoms in total. The van der Waals surface area contributed by atoms with Crippen LogP contribution in [0.4, 0.5) is 0 Å². The van der Waals surface area contributed by atoms with Gasteiger partial charge in [-0.15, -0.1) is 11.3 Å². The van der Waals surface area contributed by atoms with E-state index >= 15 is 0 Å². The number of carbonyl (C=O) groups excluding carboxylic acids is 1. The van der Waals surface area contributed by atoms with Crippen molar-refractivity contribution >= 4 is 17.2 Å². The number of rotatable bonds is 2. The van der Waals surface area contributed by atoms with E-state index in [-0.39, 0.29) is 5.91 Å². The minimum atomic E-state index is 0.108. The van der Waals surface area contributed by atoms with E-state index in [4.69, 9.17) is 0 Å². The van der Waals surface area contributed by atoms with E-state index in [2.05, 4.69) is 10.1 Å². The Hall–Kier alpha value is -1.69. The van der Waals surface area contributed by atoms with E-state index in [9.17, 15) is 4.79 Å². The van der Waals surface area contributed by atoms with Crippen molar-refractivity contribution in [2.24, 2.45) is 0 Å². The van der Waals surface area contributed by atoms with Gasteiger partial charge in [0, 0.05) is 25.5 Å². The molecule has 1 saturated heterocycles. The molecule has 3 heterocycles. The Morgan fingerprint density at radius 1 is 1.53 bits per heavy atom. The molecule has 0 saturated carbocycles. The molecular formula is C13H16N4OS. The average Bonchev–Trinajstić information content (AvgIpc) is 3.09. The van der Waals surface area contributed by atoms with Gasteiger partial charge in [0.05, 0.1) is 17.2 Å². The van der Waals surface area contributed by atoms with Gasteiger partial charge in [-0.3, -0.25) is 9.48 Å². The van der Waals surface area contributed by atoms with Crippen LogP contribution in [0.25, 0.3) is 0 Å². The van der Waals surface area contributed by atoms with Gasteiger partial charge in [-0.1, -0.05) is 0 Å². The fourth-order valence-electron chi connectivity index (χ4n) is 2.50. The molecule has 0 bridgehead atoms. The highest BCUT2D eigenvalue weighted by molar-refractivity contribution is 7.11. The van der Waals surface area contributed by atoms with E-state index in [1.165, 1.54) is 11.3 Å². The topological polar surface area (TPSA) is 51.0 Å². The molecule has 1 fully saturated rings. The van der Waals surface area contributed by atoms with Crippen LogP contribution in [-0.4, -0.2) is 38.7 Å². The van der Waals surface area contributed by atoms with Gasteiger partial charge in [0.25, 0.3) is 5.91 Å². The van der Waals surface area contributed by atoms with Crippen molar-refractivity contribution in [2.45, 2.75) is 25.8 Å². The lowest BCUT2D eigenvalue weighted by molar-refractivity contribution is 0.0677. The highest BCUT2D eigenvalue weighted by atomic mass is 32.1. The Labute approximate surface area is 115 Å². The standard InChI is InChI=1S/C13H16N4OS/c1-10-12(19-9-14-10)13(18)16-6-2-4-11(8-16)17-7-3-5-15-17/h3,5,7,9,11H,2,4,6,8H2,1H3/t11-/m1/s1. The van der Waals surface area contributed by atoms with Crippen molar-refractivity contribution in [1.82, 2.24) is 19.7 Å². The Morgan fingerprint density at radius 3 is 3.11 bits per heavy atom. The van der Waals surface area contributed by atoms with E-state index in [1.54, 1.807) is 11.7 Å². The predicted molar refractivity (Wildman–Crippen MR) is 73.3 cm³/mol. The smallest absolute Gasteiger partial charge is 0.265 e. The van der Waals surface area contributed by atoms with Crippen molar-refractivity contribution in [3.63, 3.8) is 0 Å². The van der Waals surface area contributed by atoms with Crippen LogP contribution >= 0.6 is 11.3 Å². The van der Waals surface area contributed by atoms with Crippen LogP contribution in [0.2, 0.25) is 0 Å². The predicted octanol–water partition coefficient (Wildman–Crippen LogP) is 2.13. The number of aromatic nitrogens is 3. The van der Waals surface area contributed by atoms with E-state index in [0.29, 0.717) is 6.04 Å². The molecule has 100 valence electrons. The lowest BCUT2D eigenvalue weighted by Crippen LogP contribution is -2.40. The molecule has 0 radical (unpaired) electrons. The molecule has 6 heteroatoms. The second kappa shape index (κ2) is 5.13. The Balaban J connectivity index is 1.75. The zero-order valence-corrected chi connectivity index (χ0v) is 11.6. The second-order valence-electron chi connectivity index (χ2n) is 4.80. The van der Waals surface area contributed by atoms with Crippen molar-refractivity contribution < 1.29 is 4.79 Å². The third kappa shape index (κ3) is 2.40. The first-order valence-electron chi connectivity index (χ1n) is 6.44. The van der Waals surface area contributed by atoms with Crippen LogP contribution in [0.5, 0.6) is 0 Å². The van der Waals surface area contributed by atoms with E-state index in [1.807, 2.05) is 28.8 Å².